The van der Waals surface area contributed by atoms with Gasteiger partial charge in [-0.3, -0.25) is 0 Å². The smallest absolute Gasteiger partial charge is 0.422 e. The van der Waals surface area contributed by atoms with Gasteiger partial charge in [0.25, 0.3) is 0 Å². The molecule has 0 radical (unpaired) electrons. The SMILES string of the molecule is Cc1ccc(-c2cccc(CNc3nc(Nc4cccc(C(F)(F)F)c4)nc(OCC(F)(F)F)n3)c2)cc1. The van der Waals surface area contributed by atoms with Crippen LogP contribution in [0.1, 0.15) is 16.7 Å². The summed E-state index contributed by atoms with van der Waals surface area (Å²) in [4.78, 5) is 11.7. The number of rotatable bonds is 8. The van der Waals surface area contributed by atoms with Gasteiger partial charge in [0.2, 0.25) is 11.9 Å². The number of aryl methyl sites for hydroxylation is 1. The van der Waals surface area contributed by atoms with Crippen LogP contribution in [0.5, 0.6) is 6.01 Å². The fourth-order valence-electron chi connectivity index (χ4n) is 3.39. The number of nitrogens with zero attached hydrogens (tertiary/aromatic N) is 3. The largest absolute Gasteiger partial charge is 0.454 e. The lowest BCUT2D eigenvalue weighted by Crippen LogP contribution is -2.21. The number of ether oxygens (including phenoxy) is 1. The Morgan fingerprint density at radius 1 is 0.763 bits per heavy atom. The molecule has 0 aliphatic heterocycles. The number of nitrogens with one attached hydrogen (secondary N) is 2. The quantitative estimate of drug-likeness (QED) is 0.234. The molecule has 1 heterocycles. The van der Waals surface area contributed by atoms with E-state index in [4.69, 9.17) is 0 Å². The maximum atomic E-state index is 13.1. The second-order valence-electron chi connectivity index (χ2n) is 8.29. The van der Waals surface area contributed by atoms with Crippen LogP contribution >= 0.6 is 0 Å². The molecule has 12 heteroatoms. The normalized spacial score (nSPS) is 11.8. The summed E-state index contributed by atoms with van der Waals surface area (Å²) in [5.41, 5.74) is 2.98. The zero-order chi connectivity index (χ0) is 27.3. The molecule has 0 spiro atoms. The number of aromatic nitrogens is 3. The van der Waals surface area contributed by atoms with Crippen molar-refractivity contribution in [1.82, 2.24) is 15.0 Å². The number of anilines is 3. The molecule has 0 unspecified atom stereocenters. The van der Waals surface area contributed by atoms with Gasteiger partial charge in [0.05, 0.1) is 5.56 Å². The van der Waals surface area contributed by atoms with E-state index >= 15 is 0 Å². The van der Waals surface area contributed by atoms with Crippen LogP contribution < -0.4 is 15.4 Å². The molecule has 4 rings (SSSR count). The summed E-state index contributed by atoms with van der Waals surface area (Å²) in [5.74, 6) is -0.431. The zero-order valence-corrected chi connectivity index (χ0v) is 19.9. The molecule has 0 fully saturated rings. The van der Waals surface area contributed by atoms with Gasteiger partial charge in [0.15, 0.2) is 6.61 Å². The molecule has 3 aromatic carbocycles. The summed E-state index contributed by atoms with van der Waals surface area (Å²) in [6, 6.07) is 19.1. The van der Waals surface area contributed by atoms with Gasteiger partial charge in [-0.05, 0) is 47.9 Å². The first kappa shape index (κ1) is 26.7. The summed E-state index contributed by atoms with van der Waals surface area (Å²) < 4.78 is 81.9. The van der Waals surface area contributed by atoms with E-state index in [9.17, 15) is 26.3 Å². The molecule has 6 nitrogen and oxygen atoms in total. The van der Waals surface area contributed by atoms with Crippen LogP contribution in [-0.4, -0.2) is 27.7 Å². The van der Waals surface area contributed by atoms with Crippen molar-refractivity contribution in [2.75, 3.05) is 17.2 Å². The summed E-state index contributed by atoms with van der Waals surface area (Å²) in [6.07, 6.45) is -9.23. The molecule has 2 N–H and O–H groups in total. The molecule has 0 bridgehead atoms. The van der Waals surface area contributed by atoms with Crippen molar-refractivity contribution >= 4 is 17.6 Å². The van der Waals surface area contributed by atoms with Crippen molar-refractivity contribution in [3.8, 4) is 17.1 Å². The van der Waals surface area contributed by atoms with Crippen LogP contribution in [0.15, 0.2) is 72.8 Å². The van der Waals surface area contributed by atoms with Crippen molar-refractivity contribution in [1.29, 1.82) is 0 Å². The fraction of sp³-hybridized carbons (Fsp3) is 0.192. The van der Waals surface area contributed by atoms with E-state index < -0.39 is 30.5 Å². The van der Waals surface area contributed by atoms with Gasteiger partial charge in [0.1, 0.15) is 0 Å². The summed E-state index contributed by atoms with van der Waals surface area (Å²) in [5, 5.41) is 5.47. The van der Waals surface area contributed by atoms with Crippen LogP contribution in [0, 0.1) is 6.92 Å². The lowest BCUT2D eigenvalue weighted by molar-refractivity contribution is -0.154. The van der Waals surface area contributed by atoms with Crippen LogP contribution in [0.4, 0.5) is 43.9 Å². The lowest BCUT2D eigenvalue weighted by atomic mass is 10.0. The molecule has 0 aliphatic rings. The summed E-state index contributed by atoms with van der Waals surface area (Å²) in [7, 11) is 0. The maximum absolute atomic E-state index is 13.1. The molecule has 198 valence electrons. The molecular formula is C26H21F6N5O. The van der Waals surface area contributed by atoms with E-state index in [2.05, 4.69) is 30.3 Å². The highest BCUT2D eigenvalue weighted by atomic mass is 19.4. The van der Waals surface area contributed by atoms with Crippen molar-refractivity contribution in [3.05, 3.63) is 89.5 Å². The maximum Gasteiger partial charge on any atom is 0.422 e. The number of hydrogen-bond donors (Lipinski definition) is 2. The second-order valence-corrected chi connectivity index (χ2v) is 8.29. The predicted molar refractivity (Wildman–Crippen MR) is 130 cm³/mol. The van der Waals surface area contributed by atoms with E-state index in [0.717, 1.165) is 34.4 Å². The number of halogens is 6. The molecular weight excluding hydrogens is 512 g/mol. The van der Waals surface area contributed by atoms with Crippen LogP contribution in [-0.2, 0) is 12.7 Å². The summed E-state index contributed by atoms with van der Waals surface area (Å²) >= 11 is 0. The van der Waals surface area contributed by atoms with Gasteiger partial charge >= 0.3 is 18.4 Å². The number of benzene rings is 3. The van der Waals surface area contributed by atoms with Gasteiger partial charge in [-0.1, -0.05) is 54.1 Å². The van der Waals surface area contributed by atoms with Crippen molar-refractivity contribution in [3.63, 3.8) is 0 Å². The minimum atomic E-state index is -4.65. The first-order valence-electron chi connectivity index (χ1n) is 11.2. The second kappa shape index (κ2) is 11.0. The molecule has 4 aromatic rings. The van der Waals surface area contributed by atoms with Crippen LogP contribution in [0.25, 0.3) is 11.1 Å². The number of alkyl halides is 6. The molecule has 0 saturated heterocycles. The highest BCUT2D eigenvalue weighted by Crippen LogP contribution is 2.31. The third-order valence-electron chi connectivity index (χ3n) is 5.19. The van der Waals surface area contributed by atoms with Gasteiger partial charge in [-0.25, -0.2) is 0 Å². The Morgan fingerprint density at radius 2 is 1.47 bits per heavy atom. The standard InChI is InChI=1S/C26H21F6N5O/c1-16-8-10-18(11-9-16)19-5-2-4-17(12-19)14-33-22-35-23(37-24(36-22)38-15-25(27,28)29)34-21-7-3-6-20(13-21)26(30,31)32/h2-13H,14-15H2,1H3,(H2,33,34,35,36,37). The Labute approximate surface area is 213 Å². The Bertz CT molecular complexity index is 1390. The molecule has 0 saturated carbocycles. The first-order valence-corrected chi connectivity index (χ1v) is 11.2. The Balaban J connectivity index is 1.55. The topological polar surface area (TPSA) is 72.0 Å². The fourth-order valence-corrected chi connectivity index (χ4v) is 3.39. The molecule has 1 aromatic heterocycles. The lowest BCUT2D eigenvalue weighted by Gasteiger charge is -2.13. The molecule has 0 amide bonds. The van der Waals surface area contributed by atoms with Crippen LogP contribution in [0.2, 0.25) is 0 Å². The third kappa shape index (κ3) is 7.58. The Morgan fingerprint density at radius 3 is 2.18 bits per heavy atom. The number of hydrogen-bond acceptors (Lipinski definition) is 6. The highest BCUT2D eigenvalue weighted by Gasteiger charge is 2.31. The van der Waals surface area contributed by atoms with Crippen molar-refractivity contribution in [2.45, 2.75) is 25.8 Å². The van der Waals surface area contributed by atoms with Gasteiger partial charge in [-0.2, -0.15) is 41.3 Å². The monoisotopic (exact) mass is 533 g/mol. The molecule has 0 aliphatic carbocycles. The van der Waals surface area contributed by atoms with Gasteiger partial charge in [-0.15, -0.1) is 0 Å². The van der Waals surface area contributed by atoms with E-state index in [0.29, 0.717) is 0 Å². The average molecular weight is 533 g/mol. The van der Waals surface area contributed by atoms with Gasteiger partial charge in [0, 0.05) is 12.2 Å². The minimum Gasteiger partial charge on any atom is -0.454 e. The van der Waals surface area contributed by atoms with Crippen LogP contribution in [0.3, 0.4) is 0 Å². The van der Waals surface area contributed by atoms with Gasteiger partial charge < -0.3 is 15.4 Å². The zero-order valence-electron chi connectivity index (χ0n) is 19.9. The van der Waals surface area contributed by atoms with E-state index in [1.54, 1.807) is 0 Å². The molecule has 38 heavy (non-hydrogen) atoms. The predicted octanol–water partition coefficient (Wildman–Crippen LogP) is 7.16. The van der Waals surface area contributed by atoms with Crippen molar-refractivity contribution < 1.29 is 31.1 Å². The van der Waals surface area contributed by atoms with Crippen molar-refractivity contribution in [2.24, 2.45) is 0 Å². The highest BCUT2D eigenvalue weighted by molar-refractivity contribution is 5.64. The Kier molecular flexibility index (Phi) is 7.70. The summed E-state index contributed by atoms with van der Waals surface area (Å²) in [6.45, 7) is 0.533. The third-order valence-corrected chi connectivity index (χ3v) is 5.19. The van der Waals surface area contributed by atoms with E-state index in [1.807, 2.05) is 55.5 Å². The minimum absolute atomic E-state index is 0.0236. The molecule has 0 atom stereocenters. The average Bonchev–Trinajstić information content (AvgIpc) is 2.86. The van der Waals surface area contributed by atoms with E-state index in [1.165, 1.54) is 12.1 Å². The first-order chi connectivity index (χ1) is 17.9. The van der Waals surface area contributed by atoms with E-state index in [-0.39, 0.29) is 24.1 Å². The Hall–Kier alpha value is -4.35.